The first-order valence-electron chi connectivity index (χ1n) is 16.0. The van der Waals surface area contributed by atoms with Gasteiger partial charge in [0.2, 0.25) is 11.8 Å². The van der Waals surface area contributed by atoms with Gasteiger partial charge in [-0.1, -0.05) is 50.1 Å². The Hall–Kier alpha value is -4.68. The van der Waals surface area contributed by atoms with Gasteiger partial charge in [-0.25, -0.2) is 9.78 Å². The number of unbranched alkanes of at least 4 members (excludes halogenated alkanes) is 2. The van der Waals surface area contributed by atoms with Crippen molar-refractivity contribution in [3.63, 3.8) is 0 Å². The number of pyridine rings is 1. The Kier molecular flexibility index (Phi) is 12.3. The summed E-state index contributed by atoms with van der Waals surface area (Å²) in [5, 5.41) is 12.1. The molecule has 4 amide bonds. The maximum atomic E-state index is 13.7. The summed E-state index contributed by atoms with van der Waals surface area (Å²) in [4.78, 5) is 72.6. The lowest BCUT2D eigenvalue weighted by molar-refractivity contribution is -0.138. The number of piperidine rings is 1. The predicted octanol–water partition coefficient (Wildman–Crippen LogP) is 2.88. The van der Waals surface area contributed by atoms with Crippen LogP contribution in [0.1, 0.15) is 62.4 Å². The minimum absolute atomic E-state index is 0.0807. The Morgan fingerprint density at radius 3 is 2.28 bits per heavy atom. The quantitative estimate of drug-likeness (QED) is 0.279. The number of carboxylic acids is 1. The summed E-state index contributed by atoms with van der Waals surface area (Å²) in [5.74, 6) is -2.63. The Balaban J connectivity index is 1.48. The zero-order chi connectivity index (χ0) is 33.1. The Bertz CT molecular complexity index is 1370. The summed E-state index contributed by atoms with van der Waals surface area (Å²) in [6.07, 6.45) is 3.13. The number of primary amides is 1. The summed E-state index contributed by atoms with van der Waals surface area (Å²) in [7, 11) is 0. The fraction of sp³-hybridized carbons (Fsp3) is 0.515. The van der Waals surface area contributed by atoms with E-state index in [1.54, 1.807) is 11.0 Å². The van der Waals surface area contributed by atoms with Crippen LogP contribution in [0.25, 0.3) is 11.3 Å². The molecule has 13 nitrogen and oxygen atoms in total. The van der Waals surface area contributed by atoms with Gasteiger partial charge in [0.1, 0.15) is 11.7 Å². The SMILES string of the molecule is CCCCCOC(=O)N1CCN(C(=O)[C@H](CCC(=O)O)NC(=O)c2cc(N3CCC(C(N)=O)CC3)cc(-c3ccccc3)n2)CC1. The molecule has 0 saturated carbocycles. The molecular formula is C33H44N6O7. The van der Waals surface area contributed by atoms with Crippen molar-refractivity contribution in [3.8, 4) is 11.3 Å². The Morgan fingerprint density at radius 1 is 0.978 bits per heavy atom. The van der Waals surface area contributed by atoms with E-state index in [-0.39, 0.29) is 56.5 Å². The third-order valence-electron chi connectivity index (χ3n) is 8.45. The van der Waals surface area contributed by atoms with Crippen molar-refractivity contribution in [3.05, 3.63) is 48.2 Å². The number of nitrogens with zero attached hydrogens (tertiary/aromatic N) is 4. The van der Waals surface area contributed by atoms with E-state index in [4.69, 9.17) is 10.5 Å². The van der Waals surface area contributed by atoms with Crippen molar-refractivity contribution in [1.82, 2.24) is 20.1 Å². The fourth-order valence-electron chi connectivity index (χ4n) is 5.68. The molecule has 248 valence electrons. The van der Waals surface area contributed by atoms with Gasteiger partial charge in [-0.2, -0.15) is 0 Å². The number of carbonyl (C=O) groups is 5. The minimum atomic E-state index is -1.10. The number of aliphatic carboxylic acids is 1. The van der Waals surface area contributed by atoms with Gasteiger partial charge in [-0.15, -0.1) is 0 Å². The second-order valence-electron chi connectivity index (χ2n) is 11.7. The van der Waals surface area contributed by atoms with Crippen molar-refractivity contribution in [1.29, 1.82) is 0 Å². The van der Waals surface area contributed by atoms with E-state index in [1.807, 2.05) is 36.4 Å². The second kappa shape index (κ2) is 16.6. The number of hydrogen-bond donors (Lipinski definition) is 3. The van der Waals surface area contributed by atoms with Crippen LogP contribution in [0.2, 0.25) is 0 Å². The van der Waals surface area contributed by atoms with E-state index < -0.39 is 29.9 Å². The van der Waals surface area contributed by atoms with E-state index in [1.165, 1.54) is 4.90 Å². The third-order valence-corrected chi connectivity index (χ3v) is 8.45. The molecule has 2 aliphatic heterocycles. The molecule has 1 aromatic heterocycles. The van der Waals surface area contributed by atoms with Crippen LogP contribution in [0.4, 0.5) is 10.5 Å². The van der Waals surface area contributed by atoms with Crippen LogP contribution >= 0.6 is 0 Å². The third kappa shape index (κ3) is 9.41. The van der Waals surface area contributed by atoms with E-state index >= 15 is 0 Å². The number of nitrogens with two attached hydrogens (primary N) is 1. The highest BCUT2D eigenvalue weighted by Crippen LogP contribution is 2.28. The van der Waals surface area contributed by atoms with Gasteiger partial charge in [0.15, 0.2) is 0 Å². The van der Waals surface area contributed by atoms with Crippen molar-refractivity contribution in [2.45, 2.75) is 57.9 Å². The molecule has 0 radical (unpaired) electrons. The van der Waals surface area contributed by atoms with Gasteiger partial charge < -0.3 is 35.6 Å². The molecule has 3 heterocycles. The normalized spacial score (nSPS) is 16.1. The highest BCUT2D eigenvalue weighted by Gasteiger charge is 2.32. The fourth-order valence-corrected chi connectivity index (χ4v) is 5.68. The highest BCUT2D eigenvalue weighted by atomic mass is 16.6. The second-order valence-corrected chi connectivity index (χ2v) is 11.7. The number of carbonyl (C=O) groups excluding carboxylic acids is 4. The lowest BCUT2D eigenvalue weighted by atomic mass is 9.96. The zero-order valence-corrected chi connectivity index (χ0v) is 26.4. The van der Waals surface area contributed by atoms with Gasteiger partial charge in [0.25, 0.3) is 5.91 Å². The van der Waals surface area contributed by atoms with E-state index in [0.29, 0.717) is 38.2 Å². The highest BCUT2D eigenvalue weighted by molar-refractivity contribution is 5.97. The van der Waals surface area contributed by atoms with Crippen LogP contribution in [0.5, 0.6) is 0 Å². The molecule has 0 unspecified atom stereocenters. The van der Waals surface area contributed by atoms with Gasteiger partial charge in [0.05, 0.1) is 12.3 Å². The summed E-state index contributed by atoms with van der Waals surface area (Å²) in [6, 6.07) is 11.8. The molecular weight excluding hydrogens is 592 g/mol. The van der Waals surface area contributed by atoms with Crippen LogP contribution < -0.4 is 16.0 Å². The molecule has 0 spiro atoms. The van der Waals surface area contributed by atoms with Crippen LogP contribution in [-0.2, 0) is 19.1 Å². The summed E-state index contributed by atoms with van der Waals surface area (Å²) < 4.78 is 5.33. The van der Waals surface area contributed by atoms with Crippen LogP contribution in [0.3, 0.4) is 0 Å². The summed E-state index contributed by atoms with van der Waals surface area (Å²) >= 11 is 0. The van der Waals surface area contributed by atoms with Gasteiger partial charge in [-0.3, -0.25) is 19.2 Å². The van der Waals surface area contributed by atoms with Gasteiger partial charge in [-0.05, 0) is 37.8 Å². The molecule has 1 atom stereocenters. The lowest BCUT2D eigenvalue weighted by Gasteiger charge is -2.36. The van der Waals surface area contributed by atoms with Gasteiger partial charge in [0, 0.05) is 62.9 Å². The molecule has 1 aromatic carbocycles. The number of anilines is 1. The standard InChI is InChI=1S/C33H44N6O7/c1-2-3-7-20-46-33(45)39-18-16-38(17-19-39)32(44)26(10-11-29(40)41)36-31(43)28-22-25(37-14-12-24(13-15-37)30(34)42)21-27(35-28)23-8-5-4-6-9-23/h4-6,8-9,21-22,24,26H,2-3,7,10-20H2,1H3,(H2,34,42)(H,36,43)(H,40,41)/t26-/m0/s1. The van der Waals surface area contributed by atoms with Crippen LogP contribution in [0.15, 0.2) is 42.5 Å². The molecule has 46 heavy (non-hydrogen) atoms. The molecule has 2 fully saturated rings. The van der Waals surface area contributed by atoms with Crippen molar-refractivity contribution >= 4 is 35.5 Å². The molecule has 2 saturated heterocycles. The maximum absolute atomic E-state index is 13.7. The zero-order valence-electron chi connectivity index (χ0n) is 26.4. The average molecular weight is 637 g/mol. The van der Waals surface area contributed by atoms with E-state index in [0.717, 1.165) is 30.5 Å². The minimum Gasteiger partial charge on any atom is -0.481 e. The first-order chi connectivity index (χ1) is 22.2. The average Bonchev–Trinajstić information content (AvgIpc) is 3.08. The molecule has 13 heteroatoms. The number of carboxylic acid groups (broad SMARTS) is 1. The number of amides is 4. The summed E-state index contributed by atoms with van der Waals surface area (Å²) in [5.41, 5.74) is 7.70. The number of benzene rings is 1. The Morgan fingerprint density at radius 2 is 1.65 bits per heavy atom. The van der Waals surface area contributed by atoms with Crippen LogP contribution in [0, 0.1) is 5.92 Å². The topological polar surface area (TPSA) is 175 Å². The summed E-state index contributed by atoms with van der Waals surface area (Å²) in [6.45, 7) is 4.57. The number of piperazine rings is 1. The molecule has 2 aromatic rings. The predicted molar refractivity (Wildman–Crippen MR) is 171 cm³/mol. The van der Waals surface area contributed by atoms with E-state index in [2.05, 4.69) is 22.1 Å². The molecule has 4 rings (SSSR count). The number of hydrogen-bond acceptors (Lipinski definition) is 8. The van der Waals surface area contributed by atoms with Crippen molar-refractivity contribution in [2.75, 3.05) is 50.8 Å². The lowest BCUT2D eigenvalue weighted by Crippen LogP contribution is -2.56. The monoisotopic (exact) mass is 636 g/mol. The maximum Gasteiger partial charge on any atom is 0.409 e. The van der Waals surface area contributed by atoms with E-state index in [9.17, 15) is 29.1 Å². The largest absolute Gasteiger partial charge is 0.481 e. The Labute approximate surface area is 269 Å². The molecule has 0 bridgehead atoms. The molecule has 2 aliphatic rings. The van der Waals surface area contributed by atoms with Crippen molar-refractivity contribution in [2.24, 2.45) is 11.7 Å². The first kappa shape index (κ1) is 34.2. The van der Waals surface area contributed by atoms with Crippen LogP contribution in [-0.4, -0.2) is 102 Å². The molecule has 4 N–H and O–H groups in total. The number of nitrogens with one attached hydrogen (secondary N) is 1. The molecule has 0 aliphatic carbocycles. The number of ether oxygens (including phenoxy) is 1. The first-order valence-corrected chi connectivity index (χ1v) is 16.0. The number of aromatic nitrogens is 1. The van der Waals surface area contributed by atoms with Gasteiger partial charge >= 0.3 is 12.1 Å². The number of rotatable bonds is 13. The van der Waals surface area contributed by atoms with Crippen molar-refractivity contribution < 1.29 is 33.8 Å². The smallest absolute Gasteiger partial charge is 0.409 e.